The first-order valence-electron chi connectivity index (χ1n) is 9.70. The summed E-state index contributed by atoms with van der Waals surface area (Å²) in [6, 6.07) is 7.77. The zero-order valence-corrected chi connectivity index (χ0v) is 17.5. The number of morpholine rings is 1. The summed E-state index contributed by atoms with van der Waals surface area (Å²) in [6.07, 6.45) is -1.55. The minimum atomic E-state index is -5.08. The van der Waals surface area contributed by atoms with Gasteiger partial charge in [0.05, 0.1) is 25.0 Å². The molecule has 4 rings (SSSR count). The van der Waals surface area contributed by atoms with Crippen LogP contribution in [0.1, 0.15) is 28.3 Å². The molecule has 2 aliphatic heterocycles. The zero-order valence-electron chi connectivity index (χ0n) is 16.6. The van der Waals surface area contributed by atoms with Crippen LogP contribution in [-0.2, 0) is 16.1 Å². The van der Waals surface area contributed by atoms with E-state index in [2.05, 4.69) is 22.4 Å². The molecule has 2 aromatic rings. The first-order chi connectivity index (χ1) is 14.7. The highest BCUT2D eigenvalue weighted by Crippen LogP contribution is 2.30. The summed E-state index contributed by atoms with van der Waals surface area (Å²) in [5, 5.41) is 9.25. The van der Waals surface area contributed by atoms with Gasteiger partial charge in [-0.3, -0.25) is 9.69 Å². The van der Waals surface area contributed by atoms with E-state index in [1.165, 1.54) is 4.88 Å². The monoisotopic (exact) mass is 460 g/mol. The molecule has 1 spiro atoms. The van der Waals surface area contributed by atoms with Crippen molar-refractivity contribution in [3.63, 3.8) is 0 Å². The van der Waals surface area contributed by atoms with Crippen LogP contribution in [0.4, 0.5) is 13.2 Å². The number of carboxylic acids is 1. The van der Waals surface area contributed by atoms with Gasteiger partial charge in [0.15, 0.2) is 5.76 Å². The normalized spacial score (nSPS) is 22.1. The SMILES string of the molecule is O=C(O)C(F)(F)F.O=C(c1ccco1)N1CCCC2(CN(Cc3cccs3)CCO2)C1. The van der Waals surface area contributed by atoms with E-state index in [-0.39, 0.29) is 11.5 Å². The van der Waals surface area contributed by atoms with E-state index in [1.807, 2.05) is 4.90 Å². The first-order valence-corrected chi connectivity index (χ1v) is 10.6. The summed E-state index contributed by atoms with van der Waals surface area (Å²) >= 11 is 1.80. The molecule has 4 heterocycles. The van der Waals surface area contributed by atoms with Gasteiger partial charge in [0, 0.05) is 31.1 Å². The Labute approximate surface area is 181 Å². The number of carbonyl (C=O) groups excluding carboxylic acids is 1. The number of halogens is 3. The van der Waals surface area contributed by atoms with Crippen molar-refractivity contribution in [3.05, 3.63) is 46.5 Å². The maximum absolute atomic E-state index is 12.6. The Hall–Kier alpha value is -2.37. The summed E-state index contributed by atoms with van der Waals surface area (Å²) in [6.45, 7) is 4.95. The Kier molecular flexibility index (Phi) is 7.39. The second-order valence-electron chi connectivity index (χ2n) is 7.43. The van der Waals surface area contributed by atoms with Crippen molar-refractivity contribution >= 4 is 23.2 Å². The second kappa shape index (κ2) is 9.84. The van der Waals surface area contributed by atoms with Crippen molar-refractivity contribution in [1.82, 2.24) is 9.80 Å². The summed E-state index contributed by atoms with van der Waals surface area (Å²) in [5.74, 6) is -2.37. The third kappa shape index (κ3) is 6.31. The van der Waals surface area contributed by atoms with E-state index in [4.69, 9.17) is 19.1 Å². The fraction of sp³-hybridized carbons (Fsp3) is 0.500. The number of nitrogens with zero attached hydrogens (tertiary/aromatic N) is 2. The number of furan rings is 1. The van der Waals surface area contributed by atoms with Crippen LogP contribution in [0.25, 0.3) is 0 Å². The van der Waals surface area contributed by atoms with Crippen LogP contribution in [0.2, 0.25) is 0 Å². The molecular weight excluding hydrogens is 437 g/mol. The first kappa shape index (κ1) is 23.3. The van der Waals surface area contributed by atoms with E-state index in [0.717, 1.165) is 45.6 Å². The largest absolute Gasteiger partial charge is 0.490 e. The minimum absolute atomic E-state index is 0.0296. The molecule has 1 N–H and O–H groups in total. The highest BCUT2D eigenvalue weighted by atomic mass is 32.1. The number of hydrogen-bond donors (Lipinski definition) is 1. The van der Waals surface area contributed by atoms with Crippen molar-refractivity contribution in [3.8, 4) is 0 Å². The van der Waals surface area contributed by atoms with E-state index in [9.17, 15) is 18.0 Å². The molecular formula is C20H23F3N2O5S. The van der Waals surface area contributed by atoms with Gasteiger partial charge in [0.25, 0.3) is 5.91 Å². The fourth-order valence-electron chi connectivity index (χ4n) is 3.76. The Balaban J connectivity index is 0.000000339. The molecule has 31 heavy (non-hydrogen) atoms. The fourth-order valence-corrected chi connectivity index (χ4v) is 4.50. The summed E-state index contributed by atoms with van der Waals surface area (Å²) in [7, 11) is 0. The summed E-state index contributed by atoms with van der Waals surface area (Å²) in [4.78, 5) is 27.2. The molecule has 2 saturated heterocycles. The van der Waals surface area contributed by atoms with Gasteiger partial charge >= 0.3 is 12.1 Å². The topological polar surface area (TPSA) is 83.2 Å². The molecule has 2 aliphatic rings. The van der Waals surface area contributed by atoms with Crippen LogP contribution >= 0.6 is 11.3 Å². The number of rotatable bonds is 3. The van der Waals surface area contributed by atoms with Gasteiger partial charge in [-0.1, -0.05) is 6.07 Å². The molecule has 1 atom stereocenters. The van der Waals surface area contributed by atoms with Gasteiger partial charge in [-0.25, -0.2) is 4.79 Å². The number of carbonyl (C=O) groups is 2. The lowest BCUT2D eigenvalue weighted by atomic mass is 9.90. The van der Waals surface area contributed by atoms with Crippen LogP contribution < -0.4 is 0 Å². The predicted octanol–water partition coefficient (Wildman–Crippen LogP) is 3.48. The van der Waals surface area contributed by atoms with Gasteiger partial charge < -0.3 is 19.2 Å². The van der Waals surface area contributed by atoms with Crippen LogP contribution in [0.5, 0.6) is 0 Å². The van der Waals surface area contributed by atoms with Gasteiger partial charge in [-0.2, -0.15) is 13.2 Å². The third-order valence-electron chi connectivity index (χ3n) is 5.09. The molecule has 0 aliphatic carbocycles. The molecule has 0 aromatic carbocycles. The molecule has 0 bridgehead atoms. The van der Waals surface area contributed by atoms with Crippen LogP contribution in [0, 0.1) is 0 Å². The van der Waals surface area contributed by atoms with E-state index in [0.29, 0.717) is 12.3 Å². The maximum atomic E-state index is 12.6. The smallest absolute Gasteiger partial charge is 0.475 e. The molecule has 1 unspecified atom stereocenters. The molecule has 0 saturated carbocycles. The number of amides is 1. The maximum Gasteiger partial charge on any atom is 0.490 e. The van der Waals surface area contributed by atoms with Crippen molar-refractivity contribution in [2.24, 2.45) is 0 Å². The standard InChI is InChI=1S/C18H22N2O3S.C2HF3O2/c21-17(16-5-1-9-22-16)20-7-3-6-18(14-20)13-19(8-10-23-18)12-15-4-2-11-24-15;3-2(4,5)1(6)7/h1-2,4-5,9,11H,3,6-8,10,12-14H2;(H,6,7). The molecule has 7 nitrogen and oxygen atoms in total. The molecule has 11 heteroatoms. The van der Waals surface area contributed by atoms with Gasteiger partial charge in [0.1, 0.15) is 0 Å². The quantitative estimate of drug-likeness (QED) is 0.755. The second-order valence-corrected chi connectivity index (χ2v) is 8.46. The number of alkyl halides is 3. The zero-order chi connectivity index (χ0) is 22.5. The lowest BCUT2D eigenvalue weighted by Gasteiger charge is -2.47. The Morgan fingerprint density at radius 3 is 2.58 bits per heavy atom. The van der Waals surface area contributed by atoms with E-state index in [1.54, 1.807) is 29.7 Å². The summed E-state index contributed by atoms with van der Waals surface area (Å²) < 4.78 is 43.2. The average molecular weight is 460 g/mol. The van der Waals surface area contributed by atoms with Gasteiger partial charge in [0.2, 0.25) is 0 Å². The van der Waals surface area contributed by atoms with Crippen molar-refractivity contribution < 1.29 is 37.0 Å². The third-order valence-corrected chi connectivity index (χ3v) is 5.95. The highest BCUT2D eigenvalue weighted by Gasteiger charge is 2.42. The van der Waals surface area contributed by atoms with Gasteiger partial charge in [-0.05, 0) is 36.4 Å². The minimum Gasteiger partial charge on any atom is -0.475 e. The summed E-state index contributed by atoms with van der Waals surface area (Å²) in [5.41, 5.74) is -0.240. The predicted molar refractivity (Wildman–Crippen MR) is 106 cm³/mol. The van der Waals surface area contributed by atoms with E-state index < -0.39 is 12.1 Å². The lowest BCUT2D eigenvalue weighted by molar-refractivity contribution is -0.192. The number of piperidine rings is 1. The number of carboxylic acid groups (broad SMARTS) is 1. The van der Waals surface area contributed by atoms with Crippen LogP contribution in [0.15, 0.2) is 40.3 Å². The Morgan fingerprint density at radius 2 is 1.97 bits per heavy atom. The van der Waals surface area contributed by atoms with Crippen molar-refractivity contribution in [1.29, 1.82) is 0 Å². The van der Waals surface area contributed by atoms with E-state index >= 15 is 0 Å². The Morgan fingerprint density at radius 1 is 1.19 bits per heavy atom. The Bertz CT molecular complexity index is 853. The molecule has 2 fully saturated rings. The molecule has 1 amide bonds. The number of aliphatic carboxylic acids is 1. The number of hydrogen-bond acceptors (Lipinski definition) is 6. The number of thiophene rings is 1. The van der Waals surface area contributed by atoms with Crippen molar-refractivity contribution in [2.75, 3.05) is 32.8 Å². The van der Waals surface area contributed by atoms with Crippen LogP contribution in [-0.4, -0.2) is 71.3 Å². The van der Waals surface area contributed by atoms with Gasteiger partial charge in [-0.15, -0.1) is 11.3 Å². The average Bonchev–Trinajstić information content (AvgIpc) is 3.41. The molecule has 0 radical (unpaired) electrons. The number of likely N-dealkylation sites (tertiary alicyclic amines) is 1. The number of ether oxygens (including phenoxy) is 1. The van der Waals surface area contributed by atoms with Crippen molar-refractivity contribution in [2.45, 2.75) is 31.2 Å². The van der Waals surface area contributed by atoms with Crippen LogP contribution in [0.3, 0.4) is 0 Å². The molecule has 170 valence electrons. The highest BCUT2D eigenvalue weighted by molar-refractivity contribution is 7.09. The lowest BCUT2D eigenvalue weighted by Crippen LogP contribution is -2.60. The molecule has 2 aromatic heterocycles.